The van der Waals surface area contributed by atoms with Gasteiger partial charge in [0.05, 0.1) is 5.52 Å². The van der Waals surface area contributed by atoms with Gasteiger partial charge in [0.25, 0.3) is 0 Å². The molecule has 0 N–H and O–H groups in total. The Balaban J connectivity index is 2.28. The zero-order valence-electron chi connectivity index (χ0n) is 11.0. The SMILES string of the molecule is CCC(=O)c1cn(-c2ccn(C)n2)c2ccccc12. The third-order valence-electron chi connectivity index (χ3n) is 3.28. The highest BCUT2D eigenvalue weighted by Gasteiger charge is 2.14. The highest BCUT2D eigenvalue weighted by atomic mass is 16.1. The fourth-order valence-electron chi connectivity index (χ4n) is 2.31. The lowest BCUT2D eigenvalue weighted by atomic mass is 10.1. The summed E-state index contributed by atoms with van der Waals surface area (Å²) in [6.07, 6.45) is 4.29. The van der Waals surface area contributed by atoms with Crippen molar-refractivity contribution in [1.29, 1.82) is 0 Å². The maximum atomic E-state index is 12.0. The number of hydrogen-bond donors (Lipinski definition) is 0. The average molecular weight is 253 g/mol. The quantitative estimate of drug-likeness (QED) is 0.673. The number of Topliss-reactive ketones (excluding diaryl/α,β-unsaturated/α-hetero) is 1. The van der Waals surface area contributed by atoms with Crippen molar-refractivity contribution >= 4 is 16.7 Å². The van der Waals surface area contributed by atoms with Gasteiger partial charge in [0, 0.05) is 42.9 Å². The summed E-state index contributed by atoms with van der Waals surface area (Å²) in [6.45, 7) is 1.88. The zero-order chi connectivity index (χ0) is 13.4. The van der Waals surface area contributed by atoms with Crippen molar-refractivity contribution in [1.82, 2.24) is 14.3 Å². The van der Waals surface area contributed by atoms with E-state index in [2.05, 4.69) is 5.10 Å². The first kappa shape index (κ1) is 11.7. The lowest BCUT2D eigenvalue weighted by molar-refractivity contribution is 0.0989. The molecule has 0 spiro atoms. The summed E-state index contributed by atoms with van der Waals surface area (Å²) in [4.78, 5) is 12.0. The number of nitrogens with zero attached hydrogens (tertiary/aromatic N) is 3. The number of ketones is 1. The van der Waals surface area contributed by atoms with Crippen molar-refractivity contribution in [3.63, 3.8) is 0 Å². The van der Waals surface area contributed by atoms with Crippen molar-refractivity contribution in [2.24, 2.45) is 7.05 Å². The number of aryl methyl sites for hydroxylation is 1. The molecule has 3 rings (SSSR count). The number of rotatable bonds is 3. The van der Waals surface area contributed by atoms with E-state index in [0.29, 0.717) is 6.42 Å². The summed E-state index contributed by atoms with van der Waals surface area (Å²) in [7, 11) is 1.88. The van der Waals surface area contributed by atoms with Gasteiger partial charge in [-0.25, -0.2) is 0 Å². The molecule has 96 valence electrons. The molecule has 4 heteroatoms. The summed E-state index contributed by atoms with van der Waals surface area (Å²) in [5.41, 5.74) is 1.78. The maximum Gasteiger partial charge on any atom is 0.164 e. The van der Waals surface area contributed by atoms with Gasteiger partial charge in [-0.05, 0) is 6.07 Å². The number of fused-ring (bicyclic) bond motifs is 1. The first-order chi connectivity index (χ1) is 9.20. The molecule has 0 aliphatic carbocycles. The Kier molecular flexibility index (Phi) is 2.71. The number of para-hydroxylation sites is 1. The van der Waals surface area contributed by atoms with Crippen molar-refractivity contribution in [3.8, 4) is 5.82 Å². The van der Waals surface area contributed by atoms with Gasteiger partial charge in [-0.1, -0.05) is 25.1 Å². The fourth-order valence-corrected chi connectivity index (χ4v) is 2.31. The molecule has 2 heterocycles. The molecule has 3 aromatic rings. The van der Waals surface area contributed by atoms with Crippen LogP contribution in [0, 0.1) is 0 Å². The minimum atomic E-state index is 0.158. The molecule has 0 bridgehead atoms. The number of benzene rings is 1. The molecule has 0 aliphatic rings. The van der Waals surface area contributed by atoms with E-state index in [4.69, 9.17) is 0 Å². The molecular weight excluding hydrogens is 238 g/mol. The molecule has 0 radical (unpaired) electrons. The van der Waals surface area contributed by atoms with E-state index in [9.17, 15) is 4.79 Å². The number of hydrogen-bond acceptors (Lipinski definition) is 2. The third kappa shape index (κ3) is 1.85. The Morgan fingerprint density at radius 1 is 1.26 bits per heavy atom. The Bertz CT molecular complexity index is 752. The first-order valence-electron chi connectivity index (χ1n) is 6.34. The Morgan fingerprint density at radius 3 is 2.74 bits per heavy atom. The molecule has 0 fully saturated rings. The molecular formula is C15H15N3O. The van der Waals surface area contributed by atoms with Gasteiger partial charge in [-0.15, -0.1) is 0 Å². The van der Waals surface area contributed by atoms with E-state index in [1.807, 2.05) is 61.3 Å². The number of carbonyl (C=O) groups is 1. The number of aromatic nitrogens is 3. The predicted octanol–water partition coefficient (Wildman–Crippen LogP) is 2.96. The molecule has 0 saturated heterocycles. The van der Waals surface area contributed by atoms with Crippen LogP contribution in [0.2, 0.25) is 0 Å². The van der Waals surface area contributed by atoms with Crippen LogP contribution in [-0.2, 0) is 7.05 Å². The Morgan fingerprint density at radius 2 is 2.05 bits per heavy atom. The molecule has 0 amide bonds. The summed E-state index contributed by atoms with van der Waals surface area (Å²) in [6, 6.07) is 9.86. The van der Waals surface area contributed by atoms with Crippen molar-refractivity contribution < 1.29 is 4.79 Å². The second-order valence-corrected chi connectivity index (χ2v) is 4.55. The van der Waals surface area contributed by atoms with Gasteiger partial charge in [-0.3, -0.25) is 14.0 Å². The molecule has 2 aromatic heterocycles. The lowest BCUT2D eigenvalue weighted by Crippen LogP contribution is -1.97. The van der Waals surface area contributed by atoms with Crippen LogP contribution in [0.5, 0.6) is 0 Å². The van der Waals surface area contributed by atoms with Crippen LogP contribution in [0.4, 0.5) is 0 Å². The molecule has 0 atom stereocenters. The molecule has 19 heavy (non-hydrogen) atoms. The summed E-state index contributed by atoms with van der Waals surface area (Å²) >= 11 is 0. The largest absolute Gasteiger partial charge is 0.299 e. The average Bonchev–Trinajstić information content (AvgIpc) is 3.01. The van der Waals surface area contributed by atoms with Gasteiger partial charge in [0.2, 0.25) is 0 Å². The van der Waals surface area contributed by atoms with E-state index in [1.54, 1.807) is 4.68 Å². The fraction of sp³-hybridized carbons (Fsp3) is 0.200. The topological polar surface area (TPSA) is 39.8 Å². The summed E-state index contributed by atoms with van der Waals surface area (Å²) in [5, 5.41) is 5.38. The van der Waals surface area contributed by atoms with Crippen molar-refractivity contribution in [3.05, 3.63) is 48.3 Å². The third-order valence-corrected chi connectivity index (χ3v) is 3.28. The van der Waals surface area contributed by atoms with Crippen molar-refractivity contribution in [2.45, 2.75) is 13.3 Å². The van der Waals surface area contributed by atoms with E-state index >= 15 is 0 Å². The smallest absolute Gasteiger partial charge is 0.164 e. The highest BCUT2D eigenvalue weighted by Crippen LogP contribution is 2.25. The van der Waals surface area contributed by atoms with E-state index < -0.39 is 0 Å². The summed E-state index contributed by atoms with van der Waals surface area (Å²) < 4.78 is 3.73. The van der Waals surface area contributed by atoms with Crippen LogP contribution in [0.15, 0.2) is 42.7 Å². The van der Waals surface area contributed by atoms with Crippen LogP contribution < -0.4 is 0 Å². The van der Waals surface area contributed by atoms with E-state index in [0.717, 1.165) is 22.3 Å². The van der Waals surface area contributed by atoms with Gasteiger partial charge in [-0.2, -0.15) is 5.10 Å². The lowest BCUT2D eigenvalue weighted by Gasteiger charge is -1.99. The predicted molar refractivity (Wildman–Crippen MR) is 74.7 cm³/mol. The molecule has 0 aliphatic heterocycles. The molecule has 1 aromatic carbocycles. The normalized spacial score (nSPS) is 11.1. The number of carbonyl (C=O) groups excluding carboxylic acids is 1. The van der Waals surface area contributed by atoms with Crippen LogP contribution in [0.1, 0.15) is 23.7 Å². The maximum absolute atomic E-state index is 12.0. The monoisotopic (exact) mass is 253 g/mol. The Hall–Kier alpha value is -2.36. The molecule has 0 unspecified atom stereocenters. The summed E-state index contributed by atoms with van der Waals surface area (Å²) in [5.74, 6) is 0.986. The second kappa shape index (κ2) is 4.39. The minimum absolute atomic E-state index is 0.158. The highest BCUT2D eigenvalue weighted by molar-refractivity contribution is 6.08. The second-order valence-electron chi connectivity index (χ2n) is 4.55. The van der Waals surface area contributed by atoms with Gasteiger partial charge in [0.1, 0.15) is 0 Å². The van der Waals surface area contributed by atoms with Crippen LogP contribution >= 0.6 is 0 Å². The zero-order valence-corrected chi connectivity index (χ0v) is 11.0. The van der Waals surface area contributed by atoms with Gasteiger partial charge in [0.15, 0.2) is 11.6 Å². The van der Waals surface area contributed by atoms with Gasteiger partial charge < -0.3 is 0 Å². The van der Waals surface area contributed by atoms with Gasteiger partial charge >= 0.3 is 0 Å². The Labute approximate surface area is 111 Å². The van der Waals surface area contributed by atoms with Crippen LogP contribution in [0.3, 0.4) is 0 Å². The van der Waals surface area contributed by atoms with Crippen LogP contribution in [0.25, 0.3) is 16.7 Å². The van der Waals surface area contributed by atoms with E-state index in [1.165, 1.54) is 0 Å². The van der Waals surface area contributed by atoms with Crippen molar-refractivity contribution in [2.75, 3.05) is 0 Å². The van der Waals surface area contributed by atoms with Crippen LogP contribution in [-0.4, -0.2) is 20.1 Å². The molecule has 0 saturated carbocycles. The van der Waals surface area contributed by atoms with E-state index in [-0.39, 0.29) is 5.78 Å². The first-order valence-corrected chi connectivity index (χ1v) is 6.34. The minimum Gasteiger partial charge on any atom is -0.299 e. The molecule has 4 nitrogen and oxygen atoms in total. The standard InChI is InChI=1S/C15H15N3O/c1-3-14(19)12-10-18(15-8-9-17(2)16-15)13-7-5-4-6-11(12)13/h4-10H,3H2,1-2H3.